The highest BCUT2D eigenvalue weighted by atomic mass is 79.9. The molecular weight excluding hydrogens is 572 g/mol. The maximum atomic E-state index is 13.6. The van der Waals surface area contributed by atoms with Crippen LogP contribution < -0.4 is 0 Å². The van der Waals surface area contributed by atoms with Crippen LogP contribution in [0.2, 0.25) is 0 Å². The van der Waals surface area contributed by atoms with Crippen LogP contribution in [0.5, 0.6) is 0 Å². The predicted octanol–water partition coefficient (Wildman–Crippen LogP) is 4.64. The lowest BCUT2D eigenvalue weighted by molar-refractivity contribution is -0.385. The average Bonchev–Trinajstić information content (AvgIpc) is 3.23. The molecule has 1 aliphatic rings. The Morgan fingerprint density at radius 2 is 1.97 bits per heavy atom. The summed E-state index contributed by atoms with van der Waals surface area (Å²) in [5.74, 6) is 0. The van der Waals surface area contributed by atoms with Crippen LogP contribution in [0, 0.1) is 17.0 Å². The molecule has 0 N–H and O–H groups in total. The van der Waals surface area contributed by atoms with Gasteiger partial charge < -0.3 is 4.90 Å². The van der Waals surface area contributed by atoms with Crippen molar-refractivity contribution in [3.05, 3.63) is 68.4 Å². The van der Waals surface area contributed by atoms with E-state index in [-0.39, 0.29) is 29.5 Å². The standard InChI is InChI=1S/C23H27BrN6O4S.ClH/c1-18-6-7-21(30(31)32)15-23(18)35(33,34)29(12-5-11-27-9-3-2-4-10-27)26-17-19-16-25-28-13-8-20(24)14-22(19)28;/h6-8,13-17H,2-5,9-12H2,1H3;1H/b26-17-;. The zero-order valence-electron chi connectivity index (χ0n) is 19.8. The molecule has 4 rings (SSSR count). The van der Waals surface area contributed by atoms with Gasteiger partial charge in [0.15, 0.2) is 0 Å². The van der Waals surface area contributed by atoms with Gasteiger partial charge in [0.25, 0.3) is 15.7 Å². The Labute approximate surface area is 224 Å². The Morgan fingerprint density at radius 3 is 2.69 bits per heavy atom. The molecule has 1 fully saturated rings. The van der Waals surface area contributed by atoms with Crippen molar-refractivity contribution >= 4 is 55.8 Å². The first-order valence-electron chi connectivity index (χ1n) is 11.4. The zero-order chi connectivity index (χ0) is 25.0. The number of fused-ring (bicyclic) bond motifs is 1. The summed E-state index contributed by atoms with van der Waals surface area (Å²) < 4.78 is 30.8. The van der Waals surface area contributed by atoms with Gasteiger partial charge in [-0.05, 0) is 63.5 Å². The van der Waals surface area contributed by atoms with Gasteiger partial charge in [-0.1, -0.05) is 28.4 Å². The lowest BCUT2D eigenvalue weighted by Gasteiger charge is -2.27. The number of benzene rings is 1. The second-order valence-corrected chi connectivity index (χ2v) is 11.3. The molecule has 1 aromatic carbocycles. The van der Waals surface area contributed by atoms with Crippen molar-refractivity contribution in [2.45, 2.75) is 37.5 Å². The van der Waals surface area contributed by atoms with Crippen molar-refractivity contribution in [3.8, 4) is 0 Å². The third kappa shape index (κ3) is 6.41. The molecular formula is C23H28BrClN6O4S. The third-order valence-electron chi connectivity index (χ3n) is 6.05. The molecule has 1 saturated heterocycles. The van der Waals surface area contributed by atoms with Gasteiger partial charge in [0, 0.05) is 28.4 Å². The lowest BCUT2D eigenvalue weighted by Crippen LogP contribution is -2.34. The van der Waals surface area contributed by atoms with E-state index in [1.54, 1.807) is 23.8 Å². The van der Waals surface area contributed by atoms with Crippen LogP contribution in [-0.4, -0.2) is 64.7 Å². The fourth-order valence-electron chi connectivity index (χ4n) is 4.15. The normalized spacial score (nSPS) is 14.7. The number of likely N-dealkylation sites (tertiary alicyclic amines) is 1. The minimum absolute atomic E-state index is 0. The lowest BCUT2D eigenvalue weighted by atomic mass is 10.1. The van der Waals surface area contributed by atoms with Gasteiger partial charge in [-0.3, -0.25) is 10.1 Å². The molecule has 0 amide bonds. The van der Waals surface area contributed by atoms with Crippen LogP contribution in [0.15, 0.2) is 57.2 Å². The molecule has 2 aromatic heterocycles. The minimum Gasteiger partial charge on any atom is -0.303 e. The molecule has 0 aliphatic carbocycles. The molecule has 13 heteroatoms. The molecule has 3 heterocycles. The number of aryl methyl sites for hydroxylation is 1. The fourth-order valence-corrected chi connectivity index (χ4v) is 5.99. The predicted molar refractivity (Wildman–Crippen MR) is 144 cm³/mol. The topological polar surface area (TPSA) is 113 Å². The Morgan fingerprint density at radius 1 is 1.22 bits per heavy atom. The van der Waals surface area contributed by atoms with Crippen molar-refractivity contribution in [3.63, 3.8) is 0 Å². The Kier molecular flexibility index (Phi) is 9.45. The molecule has 36 heavy (non-hydrogen) atoms. The summed E-state index contributed by atoms with van der Waals surface area (Å²) in [4.78, 5) is 12.9. The molecule has 0 atom stereocenters. The maximum absolute atomic E-state index is 13.6. The highest BCUT2D eigenvalue weighted by Crippen LogP contribution is 2.26. The fraction of sp³-hybridized carbons (Fsp3) is 0.391. The smallest absolute Gasteiger partial charge is 0.279 e. The van der Waals surface area contributed by atoms with Gasteiger partial charge >= 0.3 is 0 Å². The number of rotatable bonds is 9. The number of hydrogen-bond acceptors (Lipinski definition) is 7. The zero-order valence-corrected chi connectivity index (χ0v) is 23.0. The number of non-ortho nitro benzene ring substituents is 1. The SMILES string of the molecule is Cc1ccc([N+](=O)[O-])cc1S(=O)(=O)N(CCCN1CCCCC1)/N=C\c1cnn2ccc(Br)cc12.Cl. The summed E-state index contributed by atoms with van der Waals surface area (Å²) in [5.41, 5.74) is 1.56. The summed E-state index contributed by atoms with van der Waals surface area (Å²) in [5, 5.41) is 19.9. The number of nitro groups is 1. The second kappa shape index (κ2) is 12.1. The number of hydrazone groups is 1. The second-order valence-electron chi connectivity index (χ2n) is 8.53. The van der Waals surface area contributed by atoms with Crippen LogP contribution in [-0.2, 0) is 10.0 Å². The number of hydrogen-bond donors (Lipinski definition) is 0. The number of nitrogens with zero attached hydrogens (tertiary/aromatic N) is 6. The highest BCUT2D eigenvalue weighted by Gasteiger charge is 2.27. The number of sulfonamides is 1. The van der Waals surface area contributed by atoms with Crippen LogP contribution in [0.4, 0.5) is 5.69 Å². The van der Waals surface area contributed by atoms with Gasteiger partial charge in [0.2, 0.25) is 0 Å². The first kappa shape index (κ1) is 28.0. The summed E-state index contributed by atoms with van der Waals surface area (Å²) in [6.07, 6.45) is 8.99. The number of pyridine rings is 1. The van der Waals surface area contributed by atoms with Gasteiger partial charge in [-0.15, -0.1) is 12.4 Å². The van der Waals surface area contributed by atoms with E-state index >= 15 is 0 Å². The molecule has 3 aromatic rings. The Bertz CT molecular complexity index is 1360. The average molecular weight is 600 g/mol. The van der Waals surface area contributed by atoms with E-state index in [9.17, 15) is 18.5 Å². The van der Waals surface area contributed by atoms with Gasteiger partial charge in [-0.25, -0.2) is 4.52 Å². The molecule has 0 spiro atoms. The largest absolute Gasteiger partial charge is 0.303 e. The third-order valence-corrected chi connectivity index (χ3v) is 8.37. The summed E-state index contributed by atoms with van der Waals surface area (Å²) in [6, 6.07) is 7.57. The van der Waals surface area contributed by atoms with Gasteiger partial charge in [0.05, 0.1) is 34.3 Å². The summed E-state index contributed by atoms with van der Waals surface area (Å²) in [6.45, 7) is 4.56. The Balaban J connectivity index is 0.00000361. The van der Waals surface area contributed by atoms with Crippen LogP contribution in [0.3, 0.4) is 0 Å². The van der Waals surface area contributed by atoms with Crippen molar-refractivity contribution in [1.29, 1.82) is 0 Å². The van der Waals surface area contributed by atoms with Crippen molar-refractivity contribution in [1.82, 2.24) is 18.9 Å². The van der Waals surface area contributed by atoms with E-state index in [0.717, 1.165) is 52.9 Å². The molecule has 1 aliphatic heterocycles. The minimum atomic E-state index is -4.13. The molecule has 0 bridgehead atoms. The summed E-state index contributed by atoms with van der Waals surface area (Å²) >= 11 is 3.44. The maximum Gasteiger partial charge on any atom is 0.279 e. The molecule has 0 radical (unpaired) electrons. The van der Waals surface area contributed by atoms with Gasteiger partial charge in [0.1, 0.15) is 0 Å². The van der Waals surface area contributed by atoms with Crippen LogP contribution in [0.1, 0.15) is 36.8 Å². The van der Waals surface area contributed by atoms with Crippen molar-refractivity contribution < 1.29 is 13.3 Å². The number of nitro benzene ring substituents is 1. The monoisotopic (exact) mass is 598 g/mol. The van der Waals surface area contributed by atoms with E-state index in [4.69, 9.17) is 0 Å². The molecule has 194 valence electrons. The van der Waals surface area contributed by atoms with Crippen molar-refractivity contribution in [2.75, 3.05) is 26.2 Å². The first-order valence-corrected chi connectivity index (χ1v) is 13.7. The van der Waals surface area contributed by atoms with E-state index in [1.165, 1.54) is 24.8 Å². The number of piperidine rings is 1. The van der Waals surface area contributed by atoms with Gasteiger partial charge in [-0.2, -0.15) is 23.0 Å². The number of halogens is 2. The Hall–Kier alpha value is -2.54. The van der Waals surface area contributed by atoms with E-state index in [0.29, 0.717) is 17.5 Å². The van der Waals surface area contributed by atoms with Crippen molar-refractivity contribution in [2.24, 2.45) is 5.10 Å². The summed E-state index contributed by atoms with van der Waals surface area (Å²) in [7, 11) is -4.13. The van der Waals surface area contributed by atoms with Crippen LogP contribution in [0.25, 0.3) is 5.52 Å². The molecule has 0 unspecified atom stereocenters. The van der Waals surface area contributed by atoms with E-state index in [2.05, 4.69) is 31.0 Å². The molecule has 10 nitrogen and oxygen atoms in total. The highest BCUT2D eigenvalue weighted by molar-refractivity contribution is 9.10. The molecule has 0 saturated carbocycles. The van der Waals surface area contributed by atoms with E-state index < -0.39 is 14.9 Å². The van der Waals surface area contributed by atoms with Crippen LogP contribution >= 0.6 is 28.3 Å². The quantitative estimate of drug-likeness (QED) is 0.201. The number of aromatic nitrogens is 2. The van der Waals surface area contributed by atoms with E-state index in [1.807, 2.05) is 12.1 Å². The first-order chi connectivity index (χ1) is 16.8.